The fourth-order valence-electron chi connectivity index (χ4n) is 3.46. The summed E-state index contributed by atoms with van der Waals surface area (Å²) < 4.78 is 151. The van der Waals surface area contributed by atoms with E-state index < -0.39 is 76.6 Å². The van der Waals surface area contributed by atoms with Gasteiger partial charge in [-0.1, -0.05) is 0 Å². The first kappa shape index (κ1) is 32.2. The molecule has 2 rings (SSSR count). The van der Waals surface area contributed by atoms with Crippen molar-refractivity contribution in [2.24, 2.45) is 0 Å². The normalized spacial score (nSPS) is 12.9. The molecular formula is C24H25F12N3. The molecule has 1 N–H and O–H groups in total. The maximum atomic E-state index is 12.6. The Morgan fingerprint density at radius 1 is 0.410 bits per heavy atom. The third kappa shape index (κ3) is 13.6. The molecule has 39 heavy (non-hydrogen) atoms. The van der Waals surface area contributed by atoms with Crippen LogP contribution in [0, 0.1) is 0 Å². The summed E-state index contributed by atoms with van der Waals surface area (Å²) in [5.74, 6) is 0. The monoisotopic (exact) mass is 583 g/mol. The smallest absolute Gasteiger partial charge is 0.371 e. The minimum absolute atomic E-state index is 0.134. The van der Waals surface area contributed by atoms with Crippen molar-refractivity contribution in [2.75, 3.05) is 41.3 Å². The molecule has 2 aromatic rings. The predicted octanol–water partition coefficient (Wildman–Crippen LogP) is 8.85. The Labute approximate surface area is 216 Å². The van der Waals surface area contributed by atoms with Gasteiger partial charge >= 0.3 is 24.7 Å². The Bertz CT molecular complexity index is 876. The van der Waals surface area contributed by atoms with Gasteiger partial charge in [0.05, 0.1) is 25.7 Å². The highest BCUT2D eigenvalue weighted by atomic mass is 19.4. The lowest BCUT2D eigenvalue weighted by Crippen LogP contribution is -2.31. The summed E-state index contributed by atoms with van der Waals surface area (Å²) in [5, 5.41) is 2.90. The second kappa shape index (κ2) is 12.9. The van der Waals surface area contributed by atoms with Crippen LogP contribution in [0.2, 0.25) is 0 Å². The van der Waals surface area contributed by atoms with Gasteiger partial charge in [0.1, 0.15) is 0 Å². The number of nitrogens with zero attached hydrogens (tertiary/aromatic N) is 2. The van der Waals surface area contributed by atoms with Crippen molar-refractivity contribution in [1.29, 1.82) is 0 Å². The summed E-state index contributed by atoms with van der Waals surface area (Å²) in [5.41, 5.74) is 1.05. The van der Waals surface area contributed by atoms with Gasteiger partial charge in [0.25, 0.3) is 0 Å². The van der Waals surface area contributed by atoms with Crippen molar-refractivity contribution in [2.45, 2.75) is 50.4 Å². The van der Waals surface area contributed by atoms with E-state index in [0.29, 0.717) is 11.4 Å². The van der Waals surface area contributed by atoms with Crippen molar-refractivity contribution in [3.8, 4) is 0 Å². The van der Waals surface area contributed by atoms with Crippen LogP contribution in [0.3, 0.4) is 0 Å². The predicted molar refractivity (Wildman–Crippen MR) is 123 cm³/mol. The highest BCUT2D eigenvalue weighted by Gasteiger charge is 2.32. The Balaban J connectivity index is 2.10. The summed E-state index contributed by atoms with van der Waals surface area (Å²) in [6, 6.07) is 11.0. The van der Waals surface area contributed by atoms with Gasteiger partial charge in [0.2, 0.25) is 0 Å². The van der Waals surface area contributed by atoms with E-state index >= 15 is 0 Å². The molecule has 0 atom stereocenters. The highest BCUT2D eigenvalue weighted by molar-refractivity contribution is 5.65. The molecule has 0 saturated heterocycles. The summed E-state index contributed by atoms with van der Waals surface area (Å²) in [6.07, 6.45) is -23.4. The number of anilines is 4. The molecule has 0 spiro atoms. The molecule has 0 unspecified atom stereocenters. The number of nitrogens with one attached hydrogen (secondary N) is 1. The highest BCUT2D eigenvalue weighted by Crippen LogP contribution is 2.29. The minimum Gasteiger partial charge on any atom is -0.371 e. The standard InChI is InChI=1S/C24H25F12N3/c25-21(26,27)9-13-38(14-10-22(28,29)30)19-5-1-17(2-6-19)37-18-3-7-20(8-4-18)39(15-11-23(31,32)33)16-12-24(34,35)36/h1-8,37H,9-16H2. The fourth-order valence-corrected chi connectivity index (χ4v) is 3.46. The van der Waals surface area contributed by atoms with Crippen LogP contribution >= 0.6 is 0 Å². The SMILES string of the molecule is FC(F)(F)CCN(CCC(F)(F)F)c1ccc(Nc2ccc(N(CCC(F)(F)F)CCC(F)(F)F)cc2)cc1. The second-order valence-electron chi connectivity index (χ2n) is 8.65. The lowest BCUT2D eigenvalue weighted by Gasteiger charge is -2.26. The third-order valence-corrected chi connectivity index (χ3v) is 5.41. The summed E-state index contributed by atoms with van der Waals surface area (Å²) in [4.78, 5) is 1.94. The molecule has 2 aromatic carbocycles. The molecule has 0 aliphatic heterocycles. The van der Waals surface area contributed by atoms with Gasteiger partial charge in [-0.2, -0.15) is 52.7 Å². The second-order valence-corrected chi connectivity index (χ2v) is 8.65. The topological polar surface area (TPSA) is 18.5 Å². The molecule has 0 fully saturated rings. The summed E-state index contributed by atoms with van der Waals surface area (Å²) >= 11 is 0. The van der Waals surface area contributed by atoms with Crippen LogP contribution in [0.25, 0.3) is 0 Å². The number of rotatable bonds is 12. The average Bonchev–Trinajstić information content (AvgIpc) is 2.78. The van der Waals surface area contributed by atoms with Crippen LogP contribution < -0.4 is 15.1 Å². The average molecular weight is 583 g/mol. The molecule has 15 heteroatoms. The van der Waals surface area contributed by atoms with E-state index in [1.807, 2.05) is 0 Å². The van der Waals surface area contributed by atoms with E-state index in [9.17, 15) is 52.7 Å². The van der Waals surface area contributed by atoms with Crippen LogP contribution in [0.1, 0.15) is 25.7 Å². The van der Waals surface area contributed by atoms with Gasteiger partial charge in [-0.15, -0.1) is 0 Å². The number of benzene rings is 2. The molecule has 3 nitrogen and oxygen atoms in total. The zero-order chi connectivity index (χ0) is 29.5. The Morgan fingerprint density at radius 3 is 0.846 bits per heavy atom. The van der Waals surface area contributed by atoms with E-state index in [0.717, 1.165) is 9.80 Å². The van der Waals surface area contributed by atoms with Gasteiger partial charge in [-0.25, -0.2) is 0 Å². The maximum Gasteiger partial charge on any atom is 0.390 e. The molecule has 0 amide bonds. The first-order valence-electron chi connectivity index (χ1n) is 11.5. The van der Waals surface area contributed by atoms with Gasteiger partial charge in [-0.05, 0) is 48.5 Å². The lowest BCUT2D eigenvalue weighted by molar-refractivity contribution is -0.137. The number of alkyl halides is 12. The molecule has 0 aliphatic rings. The van der Waals surface area contributed by atoms with Crippen LogP contribution in [-0.2, 0) is 0 Å². The first-order valence-corrected chi connectivity index (χ1v) is 11.5. The quantitative estimate of drug-likeness (QED) is 0.252. The maximum absolute atomic E-state index is 12.6. The van der Waals surface area contributed by atoms with E-state index in [1.54, 1.807) is 0 Å². The molecule has 0 aromatic heterocycles. The Kier molecular flexibility index (Phi) is 10.7. The van der Waals surface area contributed by atoms with Crippen LogP contribution in [0.4, 0.5) is 75.4 Å². The largest absolute Gasteiger partial charge is 0.390 e. The summed E-state index contributed by atoms with van der Waals surface area (Å²) in [6.45, 7) is -2.69. The fraction of sp³-hybridized carbons (Fsp3) is 0.500. The zero-order valence-corrected chi connectivity index (χ0v) is 20.2. The number of hydrogen-bond acceptors (Lipinski definition) is 3. The van der Waals surface area contributed by atoms with Crippen LogP contribution in [-0.4, -0.2) is 50.9 Å². The first-order chi connectivity index (χ1) is 17.8. The van der Waals surface area contributed by atoms with Crippen molar-refractivity contribution in [3.05, 3.63) is 48.5 Å². The van der Waals surface area contributed by atoms with Crippen molar-refractivity contribution in [1.82, 2.24) is 0 Å². The van der Waals surface area contributed by atoms with E-state index in [2.05, 4.69) is 5.32 Å². The van der Waals surface area contributed by atoms with Gasteiger partial charge < -0.3 is 15.1 Å². The van der Waals surface area contributed by atoms with Crippen molar-refractivity contribution in [3.63, 3.8) is 0 Å². The zero-order valence-electron chi connectivity index (χ0n) is 20.2. The van der Waals surface area contributed by atoms with E-state index in [-0.39, 0.29) is 11.4 Å². The molecule has 220 valence electrons. The molecule has 0 radical (unpaired) electrons. The third-order valence-electron chi connectivity index (χ3n) is 5.41. The molecule has 0 aliphatic carbocycles. The Morgan fingerprint density at radius 2 is 0.641 bits per heavy atom. The van der Waals surface area contributed by atoms with Gasteiger partial charge in [0, 0.05) is 48.9 Å². The van der Waals surface area contributed by atoms with Crippen LogP contribution in [0.15, 0.2) is 48.5 Å². The van der Waals surface area contributed by atoms with Gasteiger partial charge in [-0.3, -0.25) is 0 Å². The van der Waals surface area contributed by atoms with E-state index in [1.165, 1.54) is 48.5 Å². The van der Waals surface area contributed by atoms with Crippen LogP contribution in [0.5, 0.6) is 0 Å². The summed E-state index contributed by atoms with van der Waals surface area (Å²) in [7, 11) is 0. The molecular weight excluding hydrogens is 558 g/mol. The lowest BCUT2D eigenvalue weighted by atomic mass is 10.2. The molecule has 0 saturated carbocycles. The van der Waals surface area contributed by atoms with Gasteiger partial charge in [0.15, 0.2) is 0 Å². The van der Waals surface area contributed by atoms with Crippen molar-refractivity contribution < 1.29 is 52.7 Å². The number of halogens is 12. The van der Waals surface area contributed by atoms with Crippen molar-refractivity contribution >= 4 is 22.7 Å². The van der Waals surface area contributed by atoms with E-state index in [4.69, 9.17) is 0 Å². The molecule has 0 heterocycles. The molecule has 0 bridgehead atoms. The number of hydrogen-bond donors (Lipinski definition) is 1. The Hall–Kier alpha value is -3.00. The minimum atomic E-state index is -4.56.